The molecule has 2 aliphatic heterocycles. The number of hydrogen-bond donors (Lipinski definition) is 0. The summed E-state index contributed by atoms with van der Waals surface area (Å²) in [6.07, 6.45) is 0.581. The average Bonchev–Trinajstić information content (AvgIpc) is 2.78. The maximum Gasteiger partial charge on any atom is 0.323 e. The number of rotatable bonds is 4. The Balaban J connectivity index is 1.40. The van der Waals surface area contributed by atoms with Gasteiger partial charge in [-0.15, -0.1) is 0 Å². The van der Waals surface area contributed by atoms with Gasteiger partial charge in [0, 0.05) is 38.4 Å². The molecular formula is C23H27N3O3. The standard InChI is InChI=1S/C23H27N3O3/c1-29-23(28)21-15-18-7-5-6-8-19(18)16-26(21)17-22(27)25-13-11-24(12-14-25)20-9-3-2-4-10-20/h2-10,21H,11-17H2,1H3/t21-/m0/s1. The highest BCUT2D eigenvalue weighted by Crippen LogP contribution is 2.24. The molecule has 0 spiro atoms. The van der Waals surface area contributed by atoms with Crippen LogP contribution in [-0.4, -0.2) is 67.6 Å². The third kappa shape index (κ3) is 4.27. The van der Waals surface area contributed by atoms with Crippen molar-refractivity contribution >= 4 is 17.6 Å². The van der Waals surface area contributed by atoms with Crippen LogP contribution in [0.15, 0.2) is 54.6 Å². The molecule has 152 valence electrons. The first kappa shape index (κ1) is 19.5. The topological polar surface area (TPSA) is 53.1 Å². The molecule has 2 heterocycles. The van der Waals surface area contributed by atoms with Crippen molar-refractivity contribution in [2.45, 2.75) is 19.0 Å². The average molecular weight is 393 g/mol. The molecule has 6 heteroatoms. The lowest BCUT2D eigenvalue weighted by Crippen LogP contribution is -2.54. The van der Waals surface area contributed by atoms with Crippen molar-refractivity contribution in [3.05, 3.63) is 65.7 Å². The molecule has 1 saturated heterocycles. The van der Waals surface area contributed by atoms with E-state index in [0.717, 1.165) is 18.7 Å². The minimum Gasteiger partial charge on any atom is -0.468 e. The summed E-state index contributed by atoms with van der Waals surface area (Å²) < 4.78 is 5.01. The minimum absolute atomic E-state index is 0.0750. The molecule has 1 atom stereocenters. The lowest BCUT2D eigenvalue weighted by atomic mass is 9.94. The number of ether oxygens (including phenoxy) is 1. The first-order valence-corrected chi connectivity index (χ1v) is 10.1. The number of hydrogen-bond acceptors (Lipinski definition) is 5. The van der Waals surface area contributed by atoms with Gasteiger partial charge in [0.2, 0.25) is 5.91 Å². The SMILES string of the molecule is COC(=O)[C@@H]1Cc2ccccc2CN1CC(=O)N1CCN(c2ccccc2)CC1. The summed E-state index contributed by atoms with van der Waals surface area (Å²) in [7, 11) is 1.41. The number of esters is 1. The molecule has 2 aliphatic rings. The third-order valence-corrected chi connectivity index (χ3v) is 5.91. The number of amides is 1. The van der Waals surface area contributed by atoms with Crippen LogP contribution in [0, 0.1) is 0 Å². The number of carbonyl (C=O) groups is 2. The highest BCUT2D eigenvalue weighted by atomic mass is 16.5. The summed E-state index contributed by atoms with van der Waals surface area (Å²) in [4.78, 5) is 31.5. The third-order valence-electron chi connectivity index (χ3n) is 5.91. The van der Waals surface area contributed by atoms with E-state index < -0.39 is 6.04 Å². The molecule has 1 fully saturated rings. The predicted octanol–water partition coefficient (Wildman–Crippen LogP) is 1.94. The summed E-state index contributed by atoms with van der Waals surface area (Å²) in [5.41, 5.74) is 3.52. The van der Waals surface area contributed by atoms with Crippen LogP contribution in [0.1, 0.15) is 11.1 Å². The molecule has 0 N–H and O–H groups in total. The Labute approximate surface area is 171 Å². The van der Waals surface area contributed by atoms with Crippen LogP contribution in [0.2, 0.25) is 0 Å². The normalized spacial score (nSPS) is 19.6. The first-order valence-electron chi connectivity index (χ1n) is 10.1. The van der Waals surface area contributed by atoms with E-state index in [2.05, 4.69) is 23.1 Å². The summed E-state index contributed by atoms with van der Waals surface area (Å²) >= 11 is 0. The zero-order chi connectivity index (χ0) is 20.2. The Morgan fingerprint density at radius 2 is 1.59 bits per heavy atom. The van der Waals surface area contributed by atoms with Crippen molar-refractivity contribution in [1.82, 2.24) is 9.80 Å². The van der Waals surface area contributed by atoms with E-state index >= 15 is 0 Å². The summed E-state index contributed by atoms with van der Waals surface area (Å²) in [5, 5.41) is 0. The van der Waals surface area contributed by atoms with E-state index in [1.165, 1.54) is 18.4 Å². The molecule has 29 heavy (non-hydrogen) atoms. The monoisotopic (exact) mass is 393 g/mol. The van der Waals surface area contributed by atoms with Gasteiger partial charge < -0.3 is 14.5 Å². The van der Waals surface area contributed by atoms with Crippen LogP contribution in [0.5, 0.6) is 0 Å². The van der Waals surface area contributed by atoms with Crippen LogP contribution in [0.4, 0.5) is 5.69 Å². The van der Waals surface area contributed by atoms with Gasteiger partial charge in [0.1, 0.15) is 6.04 Å². The van der Waals surface area contributed by atoms with Crippen LogP contribution < -0.4 is 4.90 Å². The van der Waals surface area contributed by atoms with Crippen LogP contribution >= 0.6 is 0 Å². The van der Waals surface area contributed by atoms with Gasteiger partial charge >= 0.3 is 5.97 Å². The van der Waals surface area contributed by atoms with Crippen molar-refractivity contribution in [2.75, 3.05) is 44.7 Å². The zero-order valence-electron chi connectivity index (χ0n) is 16.8. The van der Waals surface area contributed by atoms with Crippen LogP contribution in [0.3, 0.4) is 0 Å². The van der Waals surface area contributed by atoms with Crippen molar-refractivity contribution < 1.29 is 14.3 Å². The smallest absolute Gasteiger partial charge is 0.323 e. The fourth-order valence-electron chi connectivity index (χ4n) is 4.24. The fraction of sp³-hybridized carbons (Fsp3) is 0.391. The maximum absolute atomic E-state index is 13.0. The molecule has 0 unspecified atom stereocenters. The van der Waals surface area contributed by atoms with E-state index in [9.17, 15) is 9.59 Å². The second kappa shape index (κ2) is 8.66. The van der Waals surface area contributed by atoms with Gasteiger partial charge in [-0.25, -0.2) is 0 Å². The number of fused-ring (bicyclic) bond motifs is 1. The fourth-order valence-corrected chi connectivity index (χ4v) is 4.24. The van der Waals surface area contributed by atoms with Crippen LogP contribution in [-0.2, 0) is 27.3 Å². The molecule has 0 aromatic heterocycles. The van der Waals surface area contributed by atoms with E-state index in [1.807, 2.05) is 46.2 Å². The Kier molecular flexibility index (Phi) is 5.81. The van der Waals surface area contributed by atoms with Gasteiger partial charge in [-0.05, 0) is 29.7 Å². The molecule has 0 radical (unpaired) electrons. The van der Waals surface area contributed by atoms with Gasteiger partial charge in [-0.1, -0.05) is 42.5 Å². The summed E-state index contributed by atoms with van der Waals surface area (Å²) in [5.74, 6) is -0.202. The number of carbonyl (C=O) groups excluding carboxylic acids is 2. The maximum atomic E-state index is 13.0. The molecule has 2 aromatic carbocycles. The highest BCUT2D eigenvalue weighted by molar-refractivity contribution is 5.81. The highest BCUT2D eigenvalue weighted by Gasteiger charge is 2.34. The second-order valence-electron chi connectivity index (χ2n) is 7.62. The molecule has 2 aromatic rings. The molecule has 0 aliphatic carbocycles. The molecular weight excluding hydrogens is 366 g/mol. The van der Waals surface area contributed by atoms with E-state index in [4.69, 9.17) is 4.74 Å². The van der Waals surface area contributed by atoms with E-state index in [0.29, 0.717) is 26.1 Å². The number of nitrogens with zero attached hydrogens (tertiary/aromatic N) is 3. The Hall–Kier alpha value is -2.86. The van der Waals surface area contributed by atoms with E-state index in [1.54, 1.807) is 0 Å². The Bertz CT molecular complexity index is 863. The number of methoxy groups -OCH3 is 1. The van der Waals surface area contributed by atoms with Crippen molar-refractivity contribution in [2.24, 2.45) is 0 Å². The van der Waals surface area contributed by atoms with Crippen molar-refractivity contribution in [3.63, 3.8) is 0 Å². The lowest BCUT2D eigenvalue weighted by molar-refractivity contribution is -0.149. The molecule has 4 rings (SSSR count). The van der Waals surface area contributed by atoms with Gasteiger partial charge in [-0.2, -0.15) is 0 Å². The lowest BCUT2D eigenvalue weighted by Gasteiger charge is -2.39. The number of benzene rings is 2. The molecule has 0 saturated carbocycles. The molecule has 1 amide bonds. The Morgan fingerprint density at radius 1 is 0.931 bits per heavy atom. The van der Waals surface area contributed by atoms with E-state index in [-0.39, 0.29) is 18.4 Å². The van der Waals surface area contributed by atoms with Crippen molar-refractivity contribution in [1.29, 1.82) is 0 Å². The number of piperazine rings is 1. The van der Waals surface area contributed by atoms with Crippen LogP contribution in [0.25, 0.3) is 0 Å². The Morgan fingerprint density at radius 3 is 2.28 bits per heavy atom. The number of anilines is 1. The van der Waals surface area contributed by atoms with Gasteiger partial charge in [0.15, 0.2) is 0 Å². The predicted molar refractivity (Wildman–Crippen MR) is 112 cm³/mol. The first-order chi connectivity index (χ1) is 14.2. The minimum atomic E-state index is -0.413. The summed E-state index contributed by atoms with van der Waals surface area (Å²) in [6.45, 7) is 3.85. The second-order valence-corrected chi connectivity index (χ2v) is 7.62. The molecule has 6 nitrogen and oxygen atoms in total. The van der Waals surface area contributed by atoms with Gasteiger partial charge in [0.05, 0.1) is 13.7 Å². The number of para-hydroxylation sites is 1. The zero-order valence-corrected chi connectivity index (χ0v) is 16.8. The quantitative estimate of drug-likeness (QED) is 0.743. The van der Waals surface area contributed by atoms with Gasteiger partial charge in [0.25, 0.3) is 0 Å². The largest absolute Gasteiger partial charge is 0.468 e. The van der Waals surface area contributed by atoms with Gasteiger partial charge in [-0.3, -0.25) is 14.5 Å². The molecule has 0 bridgehead atoms. The summed E-state index contributed by atoms with van der Waals surface area (Å²) in [6, 6.07) is 18.0. The van der Waals surface area contributed by atoms with Crippen molar-refractivity contribution in [3.8, 4) is 0 Å².